The molecule has 5 nitrogen and oxygen atoms in total. The Bertz CT molecular complexity index is 1220. The second kappa shape index (κ2) is 9.30. The van der Waals surface area contributed by atoms with Crippen LogP contribution in [0.25, 0.3) is 22.2 Å². The highest BCUT2D eigenvalue weighted by Gasteiger charge is 2.21. The lowest BCUT2D eigenvalue weighted by atomic mass is 10.0. The van der Waals surface area contributed by atoms with Crippen molar-refractivity contribution in [1.82, 2.24) is 15.0 Å². The lowest BCUT2D eigenvalue weighted by Gasteiger charge is -2.16. The van der Waals surface area contributed by atoms with Crippen LogP contribution in [0.5, 0.6) is 11.5 Å². The molecule has 0 atom stereocenters. The molecule has 158 valence electrons. The number of fused-ring (bicyclic) bond motifs is 1. The van der Waals surface area contributed by atoms with E-state index in [-0.39, 0.29) is 0 Å². The van der Waals surface area contributed by atoms with E-state index >= 15 is 0 Å². The molecule has 2 aromatic carbocycles. The fraction of sp³-hybridized carbons (Fsp3) is 0.174. The Labute approximate surface area is 194 Å². The first-order valence-corrected chi connectivity index (χ1v) is 11.4. The molecule has 0 amide bonds. The minimum atomic E-state index is 0.368. The number of nitrogens with zero attached hydrogens (tertiary/aromatic N) is 3. The van der Waals surface area contributed by atoms with Gasteiger partial charge in [-0.1, -0.05) is 65.3 Å². The third-order valence-corrected chi connectivity index (χ3v) is 6.16. The van der Waals surface area contributed by atoms with E-state index in [9.17, 15) is 0 Å². The maximum absolute atomic E-state index is 6.65. The predicted molar refractivity (Wildman–Crippen MR) is 127 cm³/mol. The van der Waals surface area contributed by atoms with Crippen molar-refractivity contribution < 1.29 is 9.47 Å². The van der Waals surface area contributed by atoms with E-state index in [0.717, 1.165) is 22.2 Å². The van der Waals surface area contributed by atoms with Crippen LogP contribution >= 0.6 is 35.0 Å². The first kappa shape index (κ1) is 21.7. The lowest BCUT2D eigenvalue weighted by molar-refractivity contribution is 0.395. The average molecular weight is 472 g/mol. The quantitative estimate of drug-likeness (QED) is 0.242. The number of rotatable bonds is 6. The van der Waals surface area contributed by atoms with Crippen LogP contribution in [0.4, 0.5) is 0 Å². The molecule has 0 bridgehead atoms. The summed E-state index contributed by atoms with van der Waals surface area (Å²) in [6, 6.07) is 13.7. The standard InChI is InChI=1S/C23H19Cl2N3O2S/c1-29-17-11-18(30-2)21(25)19(20(17)24)15-10-14-12-26-23(31-3)28-22(14)16(27-15)9-13-7-5-4-6-8-13/h4-8,10-12H,9H2,1-3H3. The van der Waals surface area contributed by atoms with Gasteiger partial charge in [0.2, 0.25) is 0 Å². The van der Waals surface area contributed by atoms with Crippen molar-refractivity contribution in [1.29, 1.82) is 0 Å². The zero-order valence-corrected chi connectivity index (χ0v) is 19.5. The third-order valence-electron chi connectivity index (χ3n) is 4.84. The van der Waals surface area contributed by atoms with Crippen LogP contribution in [0.3, 0.4) is 0 Å². The van der Waals surface area contributed by atoms with Gasteiger partial charge in [-0.15, -0.1) is 0 Å². The van der Waals surface area contributed by atoms with Crippen LogP contribution in [0.2, 0.25) is 10.0 Å². The number of methoxy groups -OCH3 is 2. The van der Waals surface area contributed by atoms with Crippen molar-refractivity contribution in [2.24, 2.45) is 0 Å². The molecule has 2 heterocycles. The maximum atomic E-state index is 6.65. The minimum Gasteiger partial charge on any atom is -0.495 e. The van der Waals surface area contributed by atoms with Crippen LogP contribution in [-0.4, -0.2) is 35.4 Å². The van der Waals surface area contributed by atoms with Gasteiger partial charge < -0.3 is 9.47 Å². The number of hydrogen-bond acceptors (Lipinski definition) is 6. The van der Waals surface area contributed by atoms with Gasteiger partial charge in [0, 0.05) is 29.6 Å². The summed E-state index contributed by atoms with van der Waals surface area (Å²) in [5, 5.41) is 2.28. The molecule has 0 unspecified atom stereocenters. The Hall–Kier alpha value is -2.54. The van der Waals surface area contributed by atoms with Crippen LogP contribution < -0.4 is 9.47 Å². The van der Waals surface area contributed by atoms with Gasteiger partial charge in [0.25, 0.3) is 0 Å². The molecule has 4 aromatic rings. The molecule has 0 saturated heterocycles. The fourth-order valence-corrected chi connectivity index (χ4v) is 4.37. The molecule has 8 heteroatoms. The molecular formula is C23H19Cl2N3O2S. The predicted octanol–water partition coefficient (Wildman–Crippen LogP) is 6.33. The summed E-state index contributed by atoms with van der Waals surface area (Å²) in [6.45, 7) is 0. The zero-order chi connectivity index (χ0) is 22.0. The lowest BCUT2D eigenvalue weighted by Crippen LogP contribution is -2.01. The van der Waals surface area contributed by atoms with Crippen LogP contribution in [0, 0.1) is 0 Å². The number of halogens is 2. The second-order valence-corrected chi connectivity index (χ2v) is 8.22. The number of benzene rings is 2. The summed E-state index contributed by atoms with van der Waals surface area (Å²) in [6.07, 6.45) is 4.35. The van der Waals surface area contributed by atoms with E-state index in [1.54, 1.807) is 26.5 Å². The Kier molecular flexibility index (Phi) is 6.51. The highest BCUT2D eigenvalue weighted by Crippen LogP contribution is 2.46. The van der Waals surface area contributed by atoms with E-state index in [2.05, 4.69) is 17.1 Å². The summed E-state index contributed by atoms with van der Waals surface area (Å²) >= 11 is 14.8. The summed E-state index contributed by atoms with van der Waals surface area (Å²) < 4.78 is 10.8. The highest BCUT2D eigenvalue weighted by molar-refractivity contribution is 7.98. The molecule has 2 aromatic heterocycles. The number of aromatic nitrogens is 3. The van der Waals surface area contributed by atoms with Crippen molar-refractivity contribution in [3.63, 3.8) is 0 Å². The molecule has 0 aliphatic rings. The molecular weight excluding hydrogens is 453 g/mol. The van der Waals surface area contributed by atoms with Crippen molar-refractivity contribution in [2.45, 2.75) is 11.6 Å². The second-order valence-electron chi connectivity index (χ2n) is 6.70. The highest BCUT2D eigenvalue weighted by atomic mass is 35.5. The Morgan fingerprint density at radius 2 is 1.61 bits per heavy atom. The van der Waals surface area contributed by atoms with Crippen molar-refractivity contribution in [3.8, 4) is 22.8 Å². The van der Waals surface area contributed by atoms with Gasteiger partial charge >= 0.3 is 0 Å². The Morgan fingerprint density at radius 3 is 2.23 bits per heavy atom. The van der Waals surface area contributed by atoms with Gasteiger partial charge in [0.05, 0.1) is 41.2 Å². The van der Waals surface area contributed by atoms with Gasteiger partial charge in [0.15, 0.2) is 5.16 Å². The van der Waals surface area contributed by atoms with E-state index in [4.69, 9.17) is 42.6 Å². The number of thioether (sulfide) groups is 1. The molecule has 0 spiro atoms. The molecule has 0 radical (unpaired) electrons. The van der Waals surface area contributed by atoms with E-state index in [1.807, 2.05) is 30.5 Å². The number of ether oxygens (including phenoxy) is 2. The molecule has 0 fully saturated rings. The smallest absolute Gasteiger partial charge is 0.187 e. The van der Waals surface area contributed by atoms with E-state index in [0.29, 0.717) is 44.4 Å². The summed E-state index contributed by atoms with van der Waals surface area (Å²) in [5.74, 6) is 0.914. The number of pyridine rings is 1. The zero-order valence-electron chi connectivity index (χ0n) is 17.1. The van der Waals surface area contributed by atoms with Gasteiger partial charge in [-0.25, -0.2) is 9.97 Å². The van der Waals surface area contributed by atoms with E-state index in [1.165, 1.54) is 11.8 Å². The topological polar surface area (TPSA) is 57.1 Å². The molecule has 31 heavy (non-hydrogen) atoms. The molecule has 0 aliphatic carbocycles. The fourth-order valence-electron chi connectivity index (χ4n) is 3.34. The first-order chi connectivity index (χ1) is 15.0. The van der Waals surface area contributed by atoms with Gasteiger partial charge in [-0.3, -0.25) is 4.98 Å². The van der Waals surface area contributed by atoms with Crippen LogP contribution in [0.15, 0.2) is 53.8 Å². The Balaban J connectivity index is 1.98. The normalized spacial score (nSPS) is 11.0. The minimum absolute atomic E-state index is 0.368. The average Bonchev–Trinajstić information content (AvgIpc) is 2.80. The first-order valence-electron chi connectivity index (χ1n) is 9.40. The summed E-state index contributed by atoms with van der Waals surface area (Å²) in [7, 11) is 3.09. The summed E-state index contributed by atoms with van der Waals surface area (Å²) in [4.78, 5) is 14.1. The maximum Gasteiger partial charge on any atom is 0.187 e. The molecule has 4 rings (SSSR count). The molecule has 0 saturated carbocycles. The number of hydrogen-bond donors (Lipinski definition) is 0. The summed E-state index contributed by atoms with van der Waals surface area (Å²) in [5.41, 5.74) is 3.88. The van der Waals surface area contributed by atoms with Crippen molar-refractivity contribution in [3.05, 3.63) is 70.0 Å². The SMILES string of the molecule is COc1cc(OC)c(Cl)c(-c2cc3cnc(SC)nc3c(Cc3ccccc3)n2)c1Cl. The van der Waals surface area contributed by atoms with Crippen molar-refractivity contribution >= 4 is 45.9 Å². The van der Waals surface area contributed by atoms with Gasteiger partial charge in [-0.2, -0.15) is 0 Å². The largest absolute Gasteiger partial charge is 0.495 e. The van der Waals surface area contributed by atoms with Crippen LogP contribution in [0.1, 0.15) is 11.3 Å². The van der Waals surface area contributed by atoms with E-state index < -0.39 is 0 Å². The van der Waals surface area contributed by atoms with Crippen molar-refractivity contribution in [2.75, 3.05) is 20.5 Å². The third kappa shape index (κ3) is 4.28. The van der Waals surface area contributed by atoms with Gasteiger partial charge in [-0.05, 0) is 17.9 Å². The molecule has 0 N–H and O–H groups in total. The van der Waals surface area contributed by atoms with Crippen LogP contribution in [-0.2, 0) is 6.42 Å². The Morgan fingerprint density at radius 1 is 0.935 bits per heavy atom. The molecule has 0 aliphatic heterocycles. The van der Waals surface area contributed by atoms with Gasteiger partial charge in [0.1, 0.15) is 11.5 Å². The monoisotopic (exact) mass is 471 g/mol.